The maximum absolute atomic E-state index is 13.1. The van der Waals surface area contributed by atoms with Gasteiger partial charge < -0.3 is 5.32 Å². The van der Waals surface area contributed by atoms with Crippen molar-refractivity contribution in [2.24, 2.45) is 0 Å². The second kappa shape index (κ2) is 4.74. The number of sulfonamides is 1. The first-order valence-electron chi connectivity index (χ1n) is 7.56. The van der Waals surface area contributed by atoms with Crippen LogP contribution in [0.3, 0.4) is 0 Å². The molecule has 0 radical (unpaired) electrons. The molecule has 0 aliphatic carbocycles. The Balaban J connectivity index is 1.81. The zero-order valence-corrected chi connectivity index (χ0v) is 13.2. The molecule has 2 heterocycles. The lowest BCUT2D eigenvalue weighted by Gasteiger charge is -2.24. The molecule has 0 unspecified atom stereocenters. The average molecular weight is 314 g/mol. The fraction of sp³-hybridized carbons (Fsp3) is 0.294. The molecule has 0 saturated carbocycles. The van der Waals surface area contributed by atoms with Crippen molar-refractivity contribution in [1.29, 1.82) is 0 Å². The third-order valence-corrected chi connectivity index (χ3v) is 6.41. The highest BCUT2D eigenvalue weighted by atomic mass is 32.2. The quantitative estimate of drug-likeness (QED) is 0.927. The number of anilines is 2. The molecule has 0 amide bonds. The molecule has 0 aromatic heterocycles. The van der Waals surface area contributed by atoms with Crippen LogP contribution in [-0.2, 0) is 22.9 Å². The molecule has 0 bridgehead atoms. The molecule has 4 rings (SSSR count). The first-order chi connectivity index (χ1) is 10.6. The van der Waals surface area contributed by atoms with Crippen LogP contribution in [-0.4, -0.2) is 21.0 Å². The van der Waals surface area contributed by atoms with Crippen molar-refractivity contribution in [1.82, 2.24) is 0 Å². The Kier molecular flexibility index (Phi) is 2.94. The van der Waals surface area contributed by atoms with E-state index in [0.29, 0.717) is 4.90 Å². The van der Waals surface area contributed by atoms with Crippen LogP contribution in [0.1, 0.15) is 18.1 Å². The highest BCUT2D eigenvalue weighted by Gasteiger charge is 2.36. The summed E-state index contributed by atoms with van der Waals surface area (Å²) in [5.74, 6) is 0. The van der Waals surface area contributed by atoms with Gasteiger partial charge in [0.1, 0.15) is 0 Å². The van der Waals surface area contributed by atoms with E-state index in [9.17, 15) is 8.42 Å². The number of para-hydroxylation sites is 1. The summed E-state index contributed by atoms with van der Waals surface area (Å²) >= 11 is 0. The molecule has 2 aromatic carbocycles. The van der Waals surface area contributed by atoms with Crippen molar-refractivity contribution < 1.29 is 8.42 Å². The van der Waals surface area contributed by atoms with Crippen LogP contribution in [0.2, 0.25) is 0 Å². The van der Waals surface area contributed by atoms with Gasteiger partial charge in [0.05, 0.1) is 10.6 Å². The molecule has 0 spiro atoms. The van der Waals surface area contributed by atoms with E-state index in [1.165, 1.54) is 0 Å². The number of hydrogen-bond acceptors (Lipinski definition) is 3. The Labute approximate surface area is 130 Å². The molecule has 114 valence electrons. The van der Waals surface area contributed by atoms with Crippen molar-refractivity contribution in [3.63, 3.8) is 0 Å². The molecule has 1 N–H and O–H groups in total. The van der Waals surface area contributed by atoms with E-state index in [-0.39, 0.29) is 6.04 Å². The summed E-state index contributed by atoms with van der Waals surface area (Å²) in [6.07, 6.45) is 1.65. The van der Waals surface area contributed by atoms with Gasteiger partial charge in [-0.1, -0.05) is 18.2 Å². The normalized spacial score (nSPS) is 19.7. The highest BCUT2D eigenvalue weighted by Crippen LogP contribution is 2.37. The average Bonchev–Trinajstić information content (AvgIpc) is 3.08. The number of rotatable bonds is 2. The molecule has 0 fully saturated rings. The van der Waals surface area contributed by atoms with Crippen LogP contribution in [0.5, 0.6) is 0 Å². The summed E-state index contributed by atoms with van der Waals surface area (Å²) in [5, 5.41) is 3.26. The predicted octanol–water partition coefficient (Wildman–Crippen LogP) is 2.79. The van der Waals surface area contributed by atoms with Gasteiger partial charge in [-0.2, -0.15) is 0 Å². The fourth-order valence-corrected chi connectivity index (χ4v) is 5.20. The number of benzene rings is 2. The van der Waals surface area contributed by atoms with E-state index in [1.54, 1.807) is 10.4 Å². The lowest BCUT2D eigenvalue weighted by molar-refractivity contribution is 0.584. The number of fused-ring (bicyclic) bond motifs is 2. The maximum atomic E-state index is 13.1. The van der Waals surface area contributed by atoms with Crippen LogP contribution < -0.4 is 9.62 Å². The molecule has 22 heavy (non-hydrogen) atoms. The second-order valence-corrected chi connectivity index (χ2v) is 7.79. The van der Waals surface area contributed by atoms with Crippen molar-refractivity contribution in [3.8, 4) is 0 Å². The van der Waals surface area contributed by atoms with E-state index in [0.717, 1.165) is 41.9 Å². The summed E-state index contributed by atoms with van der Waals surface area (Å²) in [6, 6.07) is 13.1. The second-order valence-electron chi connectivity index (χ2n) is 5.98. The molecule has 4 nitrogen and oxygen atoms in total. The first-order valence-corrected chi connectivity index (χ1v) is 9.00. The standard InChI is InChI=1S/C17H18N2O2S/c1-12-10-14-4-2-3-5-17(14)19(12)22(20,21)15-6-7-16-13(11-15)8-9-18-16/h2-7,11-12,18H,8-10H2,1H3/t12-/m1/s1. The number of nitrogens with one attached hydrogen (secondary N) is 1. The van der Waals surface area contributed by atoms with E-state index in [1.807, 2.05) is 43.3 Å². The Morgan fingerprint density at radius 3 is 2.82 bits per heavy atom. The smallest absolute Gasteiger partial charge is 0.264 e. The molecule has 2 aliphatic rings. The molecule has 2 aliphatic heterocycles. The van der Waals surface area contributed by atoms with Gasteiger partial charge >= 0.3 is 0 Å². The van der Waals surface area contributed by atoms with Gasteiger partial charge in [0.15, 0.2) is 0 Å². The molecule has 5 heteroatoms. The minimum atomic E-state index is -3.52. The monoisotopic (exact) mass is 314 g/mol. The Hall–Kier alpha value is -2.01. The Morgan fingerprint density at radius 1 is 1.14 bits per heavy atom. The topological polar surface area (TPSA) is 49.4 Å². The molecular weight excluding hydrogens is 296 g/mol. The first kappa shape index (κ1) is 13.6. The summed E-state index contributed by atoms with van der Waals surface area (Å²) in [6.45, 7) is 2.84. The van der Waals surface area contributed by atoms with Gasteiger partial charge in [0.2, 0.25) is 0 Å². The third-order valence-electron chi connectivity index (χ3n) is 4.49. The van der Waals surface area contributed by atoms with Crippen molar-refractivity contribution in [3.05, 3.63) is 53.6 Å². The zero-order valence-electron chi connectivity index (χ0n) is 12.4. The van der Waals surface area contributed by atoms with Gasteiger partial charge in [-0.3, -0.25) is 4.31 Å². The zero-order chi connectivity index (χ0) is 15.3. The summed E-state index contributed by atoms with van der Waals surface area (Å²) in [5.41, 5.74) is 4.05. The van der Waals surface area contributed by atoms with E-state index >= 15 is 0 Å². The fourth-order valence-electron chi connectivity index (χ4n) is 3.46. The van der Waals surface area contributed by atoms with Crippen molar-refractivity contribution in [2.75, 3.05) is 16.2 Å². The van der Waals surface area contributed by atoms with Crippen LogP contribution >= 0.6 is 0 Å². The van der Waals surface area contributed by atoms with Gasteiger partial charge in [-0.05, 0) is 55.2 Å². The van der Waals surface area contributed by atoms with Crippen molar-refractivity contribution in [2.45, 2.75) is 30.7 Å². The van der Waals surface area contributed by atoms with E-state index in [2.05, 4.69) is 5.32 Å². The summed E-state index contributed by atoms with van der Waals surface area (Å²) in [4.78, 5) is 0.388. The number of hydrogen-bond donors (Lipinski definition) is 1. The van der Waals surface area contributed by atoms with Gasteiger partial charge in [0, 0.05) is 18.3 Å². The largest absolute Gasteiger partial charge is 0.384 e. The van der Waals surface area contributed by atoms with Gasteiger partial charge in [-0.25, -0.2) is 8.42 Å². The number of nitrogens with zero attached hydrogens (tertiary/aromatic N) is 1. The maximum Gasteiger partial charge on any atom is 0.264 e. The minimum Gasteiger partial charge on any atom is -0.384 e. The molecular formula is C17H18N2O2S. The van der Waals surface area contributed by atoms with Crippen LogP contribution in [0.4, 0.5) is 11.4 Å². The van der Waals surface area contributed by atoms with Crippen LogP contribution in [0.15, 0.2) is 47.4 Å². The van der Waals surface area contributed by atoms with Gasteiger partial charge in [0.25, 0.3) is 10.0 Å². The predicted molar refractivity (Wildman–Crippen MR) is 87.9 cm³/mol. The summed E-state index contributed by atoms with van der Waals surface area (Å²) < 4.78 is 27.8. The van der Waals surface area contributed by atoms with Crippen LogP contribution in [0, 0.1) is 0 Å². The highest BCUT2D eigenvalue weighted by molar-refractivity contribution is 7.92. The van der Waals surface area contributed by atoms with Crippen molar-refractivity contribution >= 4 is 21.4 Å². The lowest BCUT2D eigenvalue weighted by Crippen LogP contribution is -2.35. The molecule has 0 saturated heterocycles. The van der Waals surface area contributed by atoms with E-state index < -0.39 is 10.0 Å². The third kappa shape index (κ3) is 1.92. The SMILES string of the molecule is C[C@@H]1Cc2ccccc2N1S(=O)(=O)c1ccc2c(c1)CCN2. The Morgan fingerprint density at radius 2 is 1.95 bits per heavy atom. The minimum absolute atomic E-state index is 0.0474. The Bertz CT molecular complexity index is 845. The van der Waals surface area contributed by atoms with E-state index in [4.69, 9.17) is 0 Å². The lowest BCUT2D eigenvalue weighted by atomic mass is 10.1. The molecule has 1 atom stereocenters. The summed E-state index contributed by atoms with van der Waals surface area (Å²) in [7, 11) is -3.52. The van der Waals surface area contributed by atoms with Crippen LogP contribution in [0.25, 0.3) is 0 Å². The van der Waals surface area contributed by atoms with Gasteiger partial charge in [-0.15, -0.1) is 0 Å². The molecule has 2 aromatic rings.